The molecule has 8 heteroatoms. The number of aromatic nitrogens is 1. The SMILES string of the molecule is Cc1cc(Nc2cc(OCCN3CCNC(C)C3)cc(C(F)(F)F)c2)c2ccccc2n1. The summed E-state index contributed by atoms with van der Waals surface area (Å²) in [6.45, 7) is 7.66. The molecule has 1 fully saturated rings. The third-order valence-corrected chi connectivity index (χ3v) is 5.49. The first-order chi connectivity index (χ1) is 15.3. The van der Waals surface area contributed by atoms with Gasteiger partial charge in [0.15, 0.2) is 0 Å². The van der Waals surface area contributed by atoms with Crippen LogP contribution in [0.15, 0.2) is 48.5 Å². The lowest BCUT2D eigenvalue weighted by Crippen LogP contribution is -2.50. The number of hydrogen-bond acceptors (Lipinski definition) is 5. The number of piperazine rings is 1. The molecule has 1 aromatic heterocycles. The van der Waals surface area contributed by atoms with Crippen molar-refractivity contribution < 1.29 is 17.9 Å². The number of anilines is 2. The fourth-order valence-corrected chi connectivity index (χ4v) is 3.99. The normalized spacial score (nSPS) is 17.5. The lowest BCUT2D eigenvalue weighted by atomic mass is 10.1. The topological polar surface area (TPSA) is 49.4 Å². The lowest BCUT2D eigenvalue weighted by Gasteiger charge is -2.31. The standard InChI is InChI=1S/C24H27F3N4O/c1-16-11-23(21-5-3-4-6-22(21)29-16)30-19-12-18(24(25,26)27)13-20(14-19)32-10-9-31-8-7-28-17(2)15-31/h3-6,11-14,17,28H,7-10,15H2,1-2H3,(H,29,30). The molecule has 0 radical (unpaired) electrons. The number of para-hydroxylation sites is 1. The zero-order valence-corrected chi connectivity index (χ0v) is 18.2. The second-order valence-corrected chi connectivity index (χ2v) is 8.20. The summed E-state index contributed by atoms with van der Waals surface area (Å²) in [4.78, 5) is 6.74. The molecule has 0 amide bonds. The maximum absolute atomic E-state index is 13.6. The van der Waals surface area contributed by atoms with E-state index in [0.717, 1.165) is 48.4 Å². The Labute approximate surface area is 185 Å². The first-order valence-electron chi connectivity index (χ1n) is 10.7. The van der Waals surface area contributed by atoms with Crippen LogP contribution in [0.25, 0.3) is 10.9 Å². The van der Waals surface area contributed by atoms with Crippen LogP contribution in [0.3, 0.4) is 0 Å². The van der Waals surface area contributed by atoms with Crippen LogP contribution >= 0.6 is 0 Å². The molecule has 1 aliphatic heterocycles. The van der Waals surface area contributed by atoms with Crippen molar-refractivity contribution in [2.24, 2.45) is 0 Å². The van der Waals surface area contributed by atoms with E-state index in [1.807, 2.05) is 37.3 Å². The van der Waals surface area contributed by atoms with Crippen molar-refractivity contribution >= 4 is 22.3 Å². The van der Waals surface area contributed by atoms with Crippen LogP contribution in [0.5, 0.6) is 5.75 Å². The molecule has 5 nitrogen and oxygen atoms in total. The van der Waals surface area contributed by atoms with E-state index in [1.165, 1.54) is 0 Å². The number of nitrogens with one attached hydrogen (secondary N) is 2. The molecule has 0 bridgehead atoms. The molecule has 0 aliphatic carbocycles. The average molecular weight is 445 g/mol. The summed E-state index contributed by atoms with van der Waals surface area (Å²) in [5.74, 6) is 0.195. The summed E-state index contributed by atoms with van der Waals surface area (Å²) >= 11 is 0. The summed E-state index contributed by atoms with van der Waals surface area (Å²) in [5.41, 5.74) is 1.83. The van der Waals surface area contributed by atoms with Gasteiger partial charge in [0.25, 0.3) is 0 Å². The van der Waals surface area contributed by atoms with E-state index in [-0.39, 0.29) is 5.75 Å². The highest BCUT2D eigenvalue weighted by Gasteiger charge is 2.31. The van der Waals surface area contributed by atoms with Crippen molar-refractivity contribution in [3.63, 3.8) is 0 Å². The fraction of sp³-hybridized carbons (Fsp3) is 0.375. The van der Waals surface area contributed by atoms with Crippen molar-refractivity contribution in [3.8, 4) is 5.75 Å². The number of hydrogen-bond donors (Lipinski definition) is 2. The van der Waals surface area contributed by atoms with Gasteiger partial charge in [0, 0.05) is 60.7 Å². The van der Waals surface area contributed by atoms with Gasteiger partial charge in [-0.25, -0.2) is 0 Å². The van der Waals surface area contributed by atoms with Crippen molar-refractivity contribution in [2.75, 3.05) is 38.1 Å². The number of ether oxygens (including phenoxy) is 1. The number of fused-ring (bicyclic) bond motifs is 1. The van der Waals surface area contributed by atoms with Crippen LogP contribution in [0.4, 0.5) is 24.5 Å². The predicted molar refractivity (Wildman–Crippen MR) is 121 cm³/mol. The van der Waals surface area contributed by atoms with E-state index >= 15 is 0 Å². The number of benzene rings is 2. The maximum atomic E-state index is 13.6. The third-order valence-electron chi connectivity index (χ3n) is 5.49. The Morgan fingerprint density at radius 1 is 1.19 bits per heavy atom. The fourth-order valence-electron chi connectivity index (χ4n) is 3.99. The van der Waals surface area contributed by atoms with E-state index in [2.05, 4.69) is 27.4 Å². The molecule has 4 rings (SSSR count). The zero-order valence-electron chi connectivity index (χ0n) is 18.2. The molecule has 170 valence electrons. The van der Waals surface area contributed by atoms with Gasteiger partial charge in [-0.05, 0) is 38.1 Å². The van der Waals surface area contributed by atoms with Crippen molar-refractivity contribution in [2.45, 2.75) is 26.1 Å². The summed E-state index contributed by atoms with van der Waals surface area (Å²) < 4.78 is 46.4. The first kappa shape index (κ1) is 22.4. The molecular formula is C24H27F3N4O. The van der Waals surface area contributed by atoms with Crippen molar-refractivity contribution in [3.05, 3.63) is 59.8 Å². The number of aryl methyl sites for hydroxylation is 1. The van der Waals surface area contributed by atoms with Crippen LogP contribution in [0, 0.1) is 6.92 Å². The van der Waals surface area contributed by atoms with Gasteiger partial charge in [0.2, 0.25) is 0 Å². The van der Waals surface area contributed by atoms with Crippen LogP contribution in [-0.2, 0) is 6.18 Å². The van der Waals surface area contributed by atoms with E-state index in [1.54, 1.807) is 6.07 Å². The largest absolute Gasteiger partial charge is 0.492 e. The molecule has 32 heavy (non-hydrogen) atoms. The molecule has 2 N–H and O–H groups in total. The Morgan fingerprint density at radius 2 is 2.00 bits per heavy atom. The second-order valence-electron chi connectivity index (χ2n) is 8.20. The van der Waals surface area contributed by atoms with Gasteiger partial charge in [0.1, 0.15) is 12.4 Å². The molecule has 1 atom stereocenters. The molecule has 0 spiro atoms. The molecule has 1 unspecified atom stereocenters. The van der Waals surface area contributed by atoms with E-state index < -0.39 is 11.7 Å². The number of pyridine rings is 1. The summed E-state index contributed by atoms with van der Waals surface area (Å²) in [6.07, 6.45) is -4.47. The minimum Gasteiger partial charge on any atom is -0.492 e. The molecule has 1 aliphatic rings. The highest BCUT2D eigenvalue weighted by atomic mass is 19.4. The molecule has 1 saturated heterocycles. The highest BCUT2D eigenvalue weighted by molar-refractivity contribution is 5.93. The Kier molecular flexibility index (Phi) is 6.53. The number of alkyl halides is 3. The predicted octanol–water partition coefficient (Wildman–Crippen LogP) is 4.98. The van der Waals surface area contributed by atoms with Crippen LogP contribution in [0.1, 0.15) is 18.2 Å². The lowest BCUT2D eigenvalue weighted by molar-refractivity contribution is -0.137. The van der Waals surface area contributed by atoms with Gasteiger partial charge in [-0.3, -0.25) is 9.88 Å². The average Bonchev–Trinajstić information content (AvgIpc) is 2.73. The monoisotopic (exact) mass is 444 g/mol. The first-order valence-corrected chi connectivity index (χ1v) is 10.7. The smallest absolute Gasteiger partial charge is 0.416 e. The Hall–Kier alpha value is -2.84. The van der Waals surface area contributed by atoms with Crippen molar-refractivity contribution in [1.82, 2.24) is 15.2 Å². The zero-order chi connectivity index (χ0) is 22.7. The quantitative estimate of drug-likeness (QED) is 0.562. The second kappa shape index (κ2) is 9.34. The molecule has 0 saturated carbocycles. The number of halogens is 3. The highest BCUT2D eigenvalue weighted by Crippen LogP contribution is 2.36. The van der Waals surface area contributed by atoms with Gasteiger partial charge in [-0.15, -0.1) is 0 Å². The minimum atomic E-state index is -4.47. The summed E-state index contributed by atoms with van der Waals surface area (Å²) in [6, 6.07) is 13.5. The van der Waals surface area contributed by atoms with E-state index in [9.17, 15) is 13.2 Å². The molecule has 2 heterocycles. The van der Waals surface area contributed by atoms with Gasteiger partial charge < -0.3 is 15.4 Å². The van der Waals surface area contributed by atoms with Crippen LogP contribution in [0.2, 0.25) is 0 Å². The van der Waals surface area contributed by atoms with Gasteiger partial charge in [-0.2, -0.15) is 13.2 Å². The van der Waals surface area contributed by atoms with E-state index in [0.29, 0.717) is 30.6 Å². The number of nitrogens with zero attached hydrogens (tertiary/aromatic N) is 2. The number of rotatable bonds is 6. The molecule has 2 aromatic carbocycles. The minimum absolute atomic E-state index is 0.195. The summed E-state index contributed by atoms with van der Waals surface area (Å²) in [5, 5.41) is 7.36. The third kappa shape index (κ3) is 5.49. The molecule has 3 aromatic rings. The van der Waals surface area contributed by atoms with E-state index in [4.69, 9.17) is 4.74 Å². The van der Waals surface area contributed by atoms with Gasteiger partial charge in [0.05, 0.1) is 11.1 Å². The Balaban J connectivity index is 1.56. The van der Waals surface area contributed by atoms with Gasteiger partial charge >= 0.3 is 6.18 Å². The Morgan fingerprint density at radius 3 is 2.78 bits per heavy atom. The van der Waals surface area contributed by atoms with Crippen LogP contribution in [-0.4, -0.2) is 48.7 Å². The van der Waals surface area contributed by atoms with Crippen LogP contribution < -0.4 is 15.4 Å². The van der Waals surface area contributed by atoms with Gasteiger partial charge in [-0.1, -0.05) is 18.2 Å². The maximum Gasteiger partial charge on any atom is 0.416 e. The van der Waals surface area contributed by atoms with Crippen molar-refractivity contribution in [1.29, 1.82) is 0 Å². The molecular weight excluding hydrogens is 417 g/mol. The summed E-state index contributed by atoms with van der Waals surface area (Å²) in [7, 11) is 0. The Bertz CT molecular complexity index is 1090.